The van der Waals surface area contributed by atoms with Crippen molar-refractivity contribution in [3.63, 3.8) is 0 Å². The number of hydrogen-bond acceptors (Lipinski definition) is 5. The third-order valence-corrected chi connectivity index (χ3v) is 6.83. The molecule has 0 bridgehead atoms. The van der Waals surface area contributed by atoms with Gasteiger partial charge in [-0.05, 0) is 57.3 Å². The first-order valence-electron chi connectivity index (χ1n) is 9.73. The molecule has 2 aromatic heterocycles. The fourth-order valence-corrected chi connectivity index (χ4v) is 4.98. The highest BCUT2D eigenvalue weighted by molar-refractivity contribution is 7.80. The number of hydrogen-bond donors (Lipinski definition) is 1. The second-order valence-electron chi connectivity index (χ2n) is 7.15. The molecular formula is C20H28N4O2S2. The van der Waals surface area contributed by atoms with Gasteiger partial charge in [-0.25, -0.2) is 4.79 Å². The molecule has 2 heterocycles. The summed E-state index contributed by atoms with van der Waals surface area (Å²) in [6.45, 7) is 4.91. The van der Waals surface area contributed by atoms with E-state index < -0.39 is 0 Å². The molecule has 0 spiro atoms. The second-order valence-corrected chi connectivity index (χ2v) is 8.65. The van der Waals surface area contributed by atoms with E-state index in [1.165, 1.54) is 17.7 Å². The number of aryl methyl sites for hydroxylation is 2. The number of carbonyl (C=O) groups excluding carboxylic acids is 1. The van der Waals surface area contributed by atoms with Crippen molar-refractivity contribution in [3.8, 4) is 0 Å². The summed E-state index contributed by atoms with van der Waals surface area (Å²) in [7, 11) is 3.88. The molecule has 0 atom stereocenters. The summed E-state index contributed by atoms with van der Waals surface area (Å²) in [5, 5.41) is 9.01. The molecule has 0 aliphatic heterocycles. The molecule has 6 nitrogen and oxygen atoms in total. The summed E-state index contributed by atoms with van der Waals surface area (Å²) >= 11 is 7.27. The molecule has 1 aliphatic rings. The molecular weight excluding hydrogens is 392 g/mol. The van der Waals surface area contributed by atoms with E-state index in [-0.39, 0.29) is 5.97 Å². The van der Waals surface area contributed by atoms with Crippen LogP contribution in [0, 0.1) is 6.92 Å². The van der Waals surface area contributed by atoms with E-state index in [1.54, 1.807) is 11.3 Å². The van der Waals surface area contributed by atoms with Gasteiger partial charge in [-0.2, -0.15) is 5.10 Å². The van der Waals surface area contributed by atoms with Gasteiger partial charge in [0.1, 0.15) is 5.00 Å². The van der Waals surface area contributed by atoms with Crippen molar-refractivity contribution in [2.45, 2.75) is 52.5 Å². The zero-order chi connectivity index (χ0) is 20.3. The zero-order valence-corrected chi connectivity index (χ0v) is 18.6. The van der Waals surface area contributed by atoms with Crippen molar-refractivity contribution in [1.29, 1.82) is 0 Å². The molecule has 0 saturated heterocycles. The molecule has 8 heteroatoms. The van der Waals surface area contributed by atoms with Crippen LogP contribution in [0.5, 0.6) is 0 Å². The minimum atomic E-state index is -0.252. The predicted octanol–water partition coefficient (Wildman–Crippen LogP) is 4.06. The number of nitrogens with one attached hydrogen (secondary N) is 1. The third kappa shape index (κ3) is 4.38. The number of thiocarbonyl (C=S) groups is 1. The Labute approximate surface area is 175 Å². The van der Waals surface area contributed by atoms with Gasteiger partial charge in [0.25, 0.3) is 0 Å². The number of rotatable bonds is 5. The lowest BCUT2D eigenvalue weighted by Gasteiger charge is -2.21. The molecule has 0 radical (unpaired) electrons. The number of esters is 1. The first-order valence-corrected chi connectivity index (χ1v) is 11.0. The minimum absolute atomic E-state index is 0.252. The van der Waals surface area contributed by atoms with E-state index in [0.29, 0.717) is 23.8 Å². The number of ether oxygens (including phenoxy) is 1. The lowest BCUT2D eigenvalue weighted by molar-refractivity contribution is 0.0527. The molecule has 3 rings (SSSR count). The molecule has 0 fully saturated rings. The second kappa shape index (κ2) is 9.05. The summed E-state index contributed by atoms with van der Waals surface area (Å²) in [4.78, 5) is 15.9. The molecule has 2 aromatic rings. The Morgan fingerprint density at radius 3 is 2.82 bits per heavy atom. The summed E-state index contributed by atoms with van der Waals surface area (Å²) in [5.41, 5.74) is 4.07. The smallest absolute Gasteiger partial charge is 0.341 e. The van der Waals surface area contributed by atoms with Gasteiger partial charge in [0, 0.05) is 36.8 Å². The number of thiophene rings is 1. The maximum absolute atomic E-state index is 12.7. The molecule has 0 unspecified atom stereocenters. The van der Waals surface area contributed by atoms with Gasteiger partial charge in [0.15, 0.2) is 5.11 Å². The van der Waals surface area contributed by atoms with Crippen molar-refractivity contribution in [2.75, 3.05) is 19.0 Å². The van der Waals surface area contributed by atoms with Crippen molar-refractivity contribution in [1.82, 2.24) is 14.7 Å². The molecule has 0 saturated carbocycles. The lowest BCUT2D eigenvalue weighted by Crippen LogP contribution is -2.31. The van der Waals surface area contributed by atoms with Crippen LogP contribution >= 0.6 is 23.6 Å². The van der Waals surface area contributed by atoms with E-state index in [9.17, 15) is 4.79 Å². The molecule has 1 aliphatic carbocycles. The van der Waals surface area contributed by atoms with Crippen LogP contribution < -0.4 is 5.32 Å². The predicted molar refractivity (Wildman–Crippen MR) is 117 cm³/mol. The molecule has 1 N–H and O–H groups in total. The fourth-order valence-electron chi connectivity index (χ4n) is 3.47. The standard InChI is InChI=1S/C20H28N4O2S2/c1-5-26-19(25)17-15-9-7-6-8-10-16(15)28-18(17)22-20(27)23(3)12-14-11-21-24(4)13(14)2/h11H,5-10,12H2,1-4H3,(H,22,27). The molecule has 152 valence electrons. The van der Waals surface area contributed by atoms with Crippen LogP contribution in [0.15, 0.2) is 6.20 Å². The van der Waals surface area contributed by atoms with Gasteiger partial charge < -0.3 is 15.0 Å². The van der Waals surface area contributed by atoms with Crippen molar-refractivity contribution >= 4 is 39.6 Å². The Kier molecular flexibility index (Phi) is 6.72. The highest BCUT2D eigenvalue weighted by atomic mass is 32.1. The number of nitrogens with zero attached hydrogens (tertiary/aromatic N) is 3. The SMILES string of the molecule is CCOC(=O)c1c(NC(=S)N(C)Cc2cnn(C)c2C)sc2c1CCCCC2. The number of fused-ring (bicyclic) bond motifs is 1. The number of carbonyl (C=O) groups is 1. The van der Waals surface area contributed by atoms with Crippen molar-refractivity contribution in [3.05, 3.63) is 33.5 Å². The summed E-state index contributed by atoms with van der Waals surface area (Å²) in [6, 6.07) is 0. The van der Waals surface area contributed by atoms with E-state index in [0.717, 1.165) is 41.1 Å². The zero-order valence-electron chi connectivity index (χ0n) is 17.0. The molecule has 0 amide bonds. The van der Waals surface area contributed by atoms with Crippen LogP contribution in [0.25, 0.3) is 0 Å². The summed E-state index contributed by atoms with van der Waals surface area (Å²) < 4.78 is 7.21. The van der Waals surface area contributed by atoms with Gasteiger partial charge in [0.2, 0.25) is 0 Å². The van der Waals surface area contributed by atoms with Crippen LogP contribution in [-0.2, 0) is 31.2 Å². The van der Waals surface area contributed by atoms with Gasteiger partial charge >= 0.3 is 5.97 Å². The maximum atomic E-state index is 12.7. The van der Waals surface area contributed by atoms with Crippen LogP contribution in [0.4, 0.5) is 5.00 Å². The Morgan fingerprint density at radius 2 is 2.14 bits per heavy atom. The Balaban J connectivity index is 1.81. The van der Waals surface area contributed by atoms with Crippen molar-refractivity contribution < 1.29 is 9.53 Å². The first-order chi connectivity index (χ1) is 13.4. The average Bonchev–Trinajstić information content (AvgIpc) is 3.05. The summed E-state index contributed by atoms with van der Waals surface area (Å²) in [6.07, 6.45) is 7.30. The lowest BCUT2D eigenvalue weighted by atomic mass is 10.1. The van der Waals surface area contributed by atoms with Crippen LogP contribution in [0.1, 0.15) is 58.2 Å². The van der Waals surface area contributed by atoms with Gasteiger partial charge in [-0.3, -0.25) is 4.68 Å². The van der Waals surface area contributed by atoms with Crippen LogP contribution in [0.2, 0.25) is 0 Å². The number of aromatic nitrogens is 2. The number of anilines is 1. The normalized spacial score (nSPS) is 13.6. The fraction of sp³-hybridized carbons (Fsp3) is 0.550. The minimum Gasteiger partial charge on any atom is -0.462 e. The Morgan fingerprint density at radius 1 is 1.39 bits per heavy atom. The van der Waals surface area contributed by atoms with E-state index in [2.05, 4.69) is 10.4 Å². The highest BCUT2D eigenvalue weighted by Gasteiger charge is 2.26. The van der Waals surface area contributed by atoms with Gasteiger partial charge in [0.05, 0.1) is 18.4 Å². The third-order valence-electron chi connectivity index (χ3n) is 5.21. The van der Waals surface area contributed by atoms with E-state index in [4.69, 9.17) is 17.0 Å². The summed E-state index contributed by atoms with van der Waals surface area (Å²) in [5.74, 6) is -0.252. The van der Waals surface area contributed by atoms with E-state index in [1.807, 2.05) is 43.7 Å². The van der Waals surface area contributed by atoms with Crippen molar-refractivity contribution in [2.24, 2.45) is 7.05 Å². The Bertz CT molecular complexity index is 872. The van der Waals surface area contributed by atoms with Crippen LogP contribution in [0.3, 0.4) is 0 Å². The molecule has 28 heavy (non-hydrogen) atoms. The average molecular weight is 421 g/mol. The molecule has 0 aromatic carbocycles. The monoisotopic (exact) mass is 420 g/mol. The highest BCUT2D eigenvalue weighted by Crippen LogP contribution is 2.38. The van der Waals surface area contributed by atoms with Gasteiger partial charge in [-0.1, -0.05) is 6.42 Å². The maximum Gasteiger partial charge on any atom is 0.341 e. The van der Waals surface area contributed by atoms with Crippen LogP contribution in [-0.4, -0.2) is 39.4 Å². The quantitative estimate of drug-likeness (QED) is 0.447. The Hall–Kier alpha value is -1.93. The van der Waals surface area contributed by atoms with Gasteiger partial charge in [-0.15, -0.1) is 11.3 Å². The van der Waals surface area contributed by atoms with E-state index >= 15 is 0 Å². The first kappa shape index (κ1) is 20.8. The topological polar surface area (TPSA) is 59.4 Å². The largest absolute Gasteiger partial charge is 0.462 e.